The maximum absolute atomic E-state index is 13.9. The average Bonchev–Trinajstić information content (AvgIpc) is 2.81. The number of hydrogen-bond acceptors (Lipinski definition) is 7. The van der Waals surface area contributed by atoms with Crippen molar-refractivity contribution in [3.63, 3.8) is 0 Å². The molecule has 0 saturated carbocycles. The Labute approximate surface area is 200 Å². The van der Waals surface area contributed by atoms with Crippen molar-refractivity contribution >= 4 is 11.7 Å². The summed E-state index contributed by atoms with van der Waals surface area (Å²) >= 11 is 0. The molecule has 184 valence electrons. The number of dihydropyridines is 1. The molecule has 2 aliphatic heterocycles. The highest BCUT2D eigenvalue weighted by molar-refractivity contribution is 6.05. The number of ketones is 1. The molecule has 1 saturated heterocycles. The van der Waals surface area contributed by atoms with Gasteiger partial charge in [0.1, 0.15) is 5.75 Å². The van der Waals surface area contributed by atoms with Crippen LogP contribution in [0.25, 0.3) is 0 Å². The summed E-state index contributed by atoms with van der Waals surface area (Å²) in [6, 6.07) is 3.57. The van der Waals surface area contributed by atoms with Gasteiger partial charge >= 0.3 is 0 Å². The van der Waals surface area contributed by atoms with E-state index in [4.69, 9.17) is 18.9 Å². The van der Waals surface area contributed by atoms with Crippen molar-refractivity contribution in [1.29, 1.82) is 0 Å². The van der Waals surface area contributed by atoms with Crippen molar-refractivity contribution < 1.29 is 28.5 Å². The van der Waals surface area contributed by atoms with E-state index in [2.05, 4.69) is 19.2 Å². The van der Waals surface area contributed by atoms with Crippen LogP contribution in [0.5, 0.6) is 17.2 Å². The Morgan fingerprint density at radius 2 is 1.65 bits per heavy atom. The third kappa shape index (κ3) is 4.27. The molecule has 2 heterocycles. The minimum Gasteiger partial charge on any atom is -0.496 e. The first kappa shape index (κ1) is 24.1. The number of carbonyl (C=O) groups excluding carboxylic acids is 2. The molecule has 0 radical (unpaired) electrons. The van der Waals surface area contributed by atoms with Gasteiger partial charge < -0.3 is 29.2 Å². The summed E-state index contributed by atoms with van der Waals surface area (Å²) in [5.74, 6) is 0.932. The molecular weight excluding hydrogens is 436 g/mol. The molecule has 34 heavy (non-hydrogen) atoms. The smallest absolute Gasteiger partial charge is 0.252 e. The predicted octanol–water partition coefficient (Wildman–Crippen LogP) is 3.18. The Bertz CT molecular complexity index is 1070. The largest absolute Gasteiger partial charge is 0.496 e. The second-order valence-electron chi connectivity index (χ2n) is 9.78. The molecule has 1 aromatic rings. The number of ether oxygens (including phenoxy) is 4. The molecule has 1 fully saturated rings. The molecule has 3 aliphatic rings. The second-order valence-corrected chi connectivity index (χ2v) is 9.78. The quantitative estimate of drug-likeness (QED) is 0.707. The van der Waals surface area contributed by atoms with Crippen LogP contribution in [0.1, 0.15) is 45.1 Å². The van der Waals surface area contributed by atoms with E-state index in [1.165, 1.54) is 0 Å². The van der Waals surface area contributed by atoms with Crippen LogP contribution < -0.4 is 19.5 Å². The number of benzene rings is 1. The Balaban J connectivity index is 1.93. The summed E-state index contributed by atoms with van der Waals surface area (Å²) in [6.07, 6.45) is 1.13. The van der Waals surface area contributed by atoms with Crippen molar-refractivity contribution in [1.82, 2.24) is 10.2 Å². The van der Waals surface area contributed by atoms with Crippen LogP contribution >= 0.6 is 0 Å². The van der Waals surface area contributed by atoms with Crippen molar-refractivity contribution in [2.45, 2.75) is 39.5 Å². The van der Waals surface area contributed by atoms with E-state index in [-0.39, 0.29) is 17.1 Å². The van der Waals surface area contributed by atoms with Crippen LogP contribution in [0, 0.1) is 5.41 Å². The van der Waals surface area contributed by atoms with E-state index in [0.717, 1.165) is 17.8 Å². The Hall–Kier alpha value is -3.00. The maximum atomic E-state index is 13.9. The van der Waals surface area contributed by atoms with Crippen molar-refractivity contribution in [2.75, 3.05) is 47.6 Å². The molecule has 0 aromatic heterocycles. The van der Waals surface area contributed by atoms with Gasteiger partial charge in [0.15, 0.2) is 17.3 Å². The standard InChI is InChI=1S/C26H34N2O6/c1-15-22(25(30)28-7-9-34-10-8-28)23(24-17(27-15)13-26(2,3)14-18(24)29)16-11-20(32-5)21(33-6)12-19(16)31-4/h11-12,23,27H,7-10,13-14H2,1-6H3/t23-/m0/s1. The second kappa shape index (κ2) is 9.33. The lowest BCUT2D eigenvalue weighted by Gasteiger charge is -2.41. The molecule has 1 aliphatic carbocycles. The fourth-order valence-electron chi connectivity index (χ4n) is 5.25. The van der Waals surface area contributed by atoms with Gasteiger partial charge in [-0.25, -0.2) is 0 Å². The molecule has 0 unspecified atom stereocenters. The monoisotopic (exact) mass is 470 g/mol. The first-order chi connectivity index (χ1) is 16.2. The minimum absolute atomic E-state index is 0.0420. The number of allylic oxidation sites excluding steroid dienone is 3. The van der Waals surface area contributed by atoms with Gasteiger partial charge in [0.05, 0.1) is 40.5 Å². The van der Waals surface area contributed by atoms with E-state index in [1.807, 2.05) is 13.0 Å². The third-order valence-electron chi connectivity index (χ3n) is 6.82. The van der Waals surface area contributed by atoms with Gasteiger partial charge in [-0.15, -0.1) is 0 Å². The van der Waals surface area contributed by atoms with Crippen LogP contribution in [0.15, 0.2) is 34.7 Å². The average molecular weight is 471 g/mol. The van der Waals surface area contributed by atoms with Gasteiger partial charge in [0, 0.05) is 53.7 Å². The lowest BCUT2D eigenvalue weighted by atomic mass is 9.68. The van der Waals surface area contributed by atoms with Crippen LogP contribution in [-0.4, -0.2) is 64.2 Å². The van der Waals surface area contributed by atoms with Gasteiger partial charge in [-0.05, 0) is 24.8 Å². The summed E-state index contributed by atoms with van der Waals surface area (Å²) < 4.78 is 22.2. The predicted molar refractivity (Wildman–Crippen MR) is 127 cm³/mol. The molecular formula is C26H34N2O6. The number of hydrogen-bond donors (Lipinski definition) is 1. The number of nitrogens with one attached hydrogen (secondary N) is 1. The first-order valence-electron chi connectivity index (χ1n) is 11.6. The minimum atomic E-state index is -0.579. The summed E-state index contributed by atoms with van der Waals surface area (Å²) in [6.45, 7) is 8.11. The molecule has 0 bridgehead atoms. The Kier molecular flexibility index (Phi) is 6.62. The van der Waals surface area contributed by atoms with Crippen molar-refractivity contribution in [3.05, 3.63) is 40.2 Å². The van der Waals surface area contributed by atoms with E-state index in [9.17, 15) is 9.59 Å². The van der Waals surface area contributed by atoms with Crippen LogP contribution in [0.4, 0.5) is 0 Å². The maximum Gasteiger partial charge on any atom is 0.252 e. The summed E-state index contributed by atoms with van der Waals surface area (Å²) in [4.78, 5) is 29.3. The lowest BCUT2D eigenvalue weighted by Crippen LogP contribution is -2.45. The van der Waals surface area contributed by atoms with E-state index in [0.29, 0.717) is 66.7 Å². The Morgan fingerprint density at radius 3 is 2.26 bits per heavy atom. The van der Waals surface area contributed by atoms with Gasteiger partial charge in [-0.3, -0.25) is 9.59 Å². The third-order valence-corrected chi connectivity index (χ3v) is 6.82. The normalized spacial score (nSPS) is 22.2. The molecule has 1 aromatic carbocycles. The van der Waals surface area contributed by atoms with Crippen molar-refractivity contribution in [3.8, 4) is 17.2 Å². The summed E-state index contributed by atoms with van der Waals surface area (Å²) in [7, 11) is 4.70. The SMILES string of the molecule is COc1cc(OC)c([C@H]2C(C(=O)N3CCOCC3)=C(C)NC3=C2C(=O)CC(C)(C)C3)cc1OC. The molecule has 1 amide bonds. The van der Waals surface area contributed by atoms with Crippen molar-refractivity contribution in [2.24, 2.45) is 5.41 Å². The highest BCUT2D eigenvalue weighted by Gasteiger charge is 2.44. The fraction of sp³-hybridized carbons (Fsp3) is 0.538. The fourth-order valence-corrected chi connectivity index (χ4v) is 5.25. The topological polar surface area (TPSA) is 86.3 Å². The number of methoxy groups -OCH3 is 3. The molecule has 8 heteroatoms. The number of amides is 1. The van der Waals surface area contributed by atoms with Gasteiger partial charge in [-0.2, -0.15) is 0 Å². The van der Waals surface area contributed by atoms with Gasteiger partial charge in [0.25, 0.3) is 5.91 Å². The first-order valence-corrected chi connectivity index (χ1v) is 11.6. The summed E-state index contributed by atoms with van der Waals surface area (Å²) in [5, 5.41) is 3.43. The van der Waals surface area contributed by atoms with Crippen LogP contribution in [0.3, 0.4) is 0 Å². The van der Waals surface area contributed by atoms with Crippen LogP contribution in [-0.2, 0) is 14.3 Å². The van der Waals surface area contributed by atoms with Crippen LogP contribution in [0.2, 0.25) is 0 Å². The highest BCUT2D eigenvalue weighted by atomic mass is 16.5. The number of Topliss-reactive ketones (excluding diaryl/α,β-unsaturated/α-hetero) is 1. The number of nitrogens with zero attached hydrogens (tertiary/aromatic N) is 1. The van der Waals surface area contributed by atoms with Gasteiger partial charge in [0.2, 0.25) is 0 Å². The lowest BCUT2D eigenvalue weighted by molar-refractivity contribution is -0.131. The number of carbonyl (C=O) groups is 2. The zero-order chi connectivity index (χ0) is 24.6. The molecule has 4 rings (SSSR count). The zero-order valence-corrected chi connectivity index (χ0v) is 20.9. The van der Waals surface area contributed by atoms with E-state index >= 15 is 0 Å². The molecule has 8 nitrogen and oxygen atoms in total. The molecule has 0 spiro atoms. The molecule has 1 atom stereocenters. The molecule has 1 N–H and O–H groups in total. The zero-order valence-electron chi connectivity index (χ0n) is 20.9. The highest BCUT2D eigenvalue weighted by Crippen LogP contribution is 2.50. The van der Waals surface area contributed by atoms with E-state index in [1.54, 1.807) is 32.3 Å². The van der Waals surface area contributed by atoms with Gasteiger partial charge in [-0.1, -0.05) is 13.8 Å². The van der Waals surface area contributed by atoms with E-state index < -0.39 is 5.92 Å². The number of morpholine rings is 1. The summed E-state index contributed by atoms with van der Waals surface area (Å²) in [5.41, 5.74) is 3.35. The Morgan fingerprint density at radius 1 is 1.03 bits per heavy atom. The number of rotatable bonds is 5.